The number of anilines is 1. The van der Waals surface area contributed by atoms with Crippen molar-refractivity contribution in [1.29, 1.82) is 0 Å². The summed E-state index contributed by atoms with van der Waals surface area (Å²) < 4.78 is 0. The quantitative estimate of drug-likeness (QED) is 0.855. The summed E-state index contributed by atoms with van der Waals surface area (Å²) in [7, 11) is 1.77. The molecule has 0 aliphatic carbocycles. The number of carboxylic acids is 1. The number of rotatable bonds is 5. The Morgan fingerprint density at radius 1 is 1.32 bits per heavy atom. The number of carbonyl (C=O) groups is 1. The summed E-state index contributed by atoms with van der Waals surface area (Å²) in [6.45, 7) is 2.62. The molecular weight excluding hydrogens is 244 g/mol. The highest BCUT2D eigenvalue weighted by Gasteiger charge is 2.13. The fraction of sp³-hybridized carbons (Fsp3) is 0.615. The average molecular weight is 264 g/mol. The third kappa shape index (κ3) is 4.17. The van der Waals surface area contributed by atoms with E-state index in [-0.39, 0.29) is 6.54 Å². The van der Waals surface area contributed by atoms with Gasteiger partial charge >= 0.3 is 5.97 Å². The largest absolute Gasteiger partial charge is 0.480 e. The van der Waals surface area contributed by atoms with Gasteiger partial charge in [0.05, 0.1) is 6.54 Å². The van der Waals surface area contributed by atoms with Gasteiger partial charge in [0.1, 0.15) is 0 Å². The maximum atomic E-state index is 10.6. The number of aliphatic carboxylic acids is 1. The summed E-state index contributed by atoms with van der Waals surface area (Å²) in [5, 5.41) is 8.70. The van der Waals surface area contributed by atoms with Crippen molar-refractivity contribution in [3.05, 3.63) is 18.0 Å². The van der Waals surface area contributed by atoms with Crippen molar-refractivity contribution >= 4 is 11.9 Å². The molecule has 2 heterocycles. The van der Waals surface area contributed by atoms with Gasteiger partial charge in [0.15, 0.2) is 0 Å². The molecule has 0 aromatic carbocycles. The first-order valence-electron chi connectivity index (χ1n) is 6.61. The lowest BCUT2D eigenvalue weighted by molar-refractivity contribution is -0.138. The minimum absolute atomic E-state index is 0.0217. The Labute approximate surface area is 113 Å². The van der Waals surface area contributed by atoms with Crippen LogP contribution in [0.4, 0.5) is 5.95 Å². The van der Waals surface area contributed by atoms with Crippen LogP contribution in [0.25, 0.3) is 0 Å². The molecule has 1 fully saturated rings. The van der Waals surface area contributed by atoms with E-state index >= 15 is 0 Å². The number of aromatic nitrogens is 2. The second kappa shape index (κ2) is 6.47. The van der Waals surface area contributed by atoms with E-state index in [9.17, 15) is 4.79 Å². The molecular formula is C13H20N4O2. The Morgan fingerprint density at radius 3 is 2.53 bits per heavy atom. The van der Waals surface area contributed by atoms with E-state index < -0.39 is 5.97 Å². The second-order valence-electron chi connectivity index (χ2n) is 5.01. The molecule has 19 heavy (non-hydrogen) atoms. The van der Waals surface area contributed by atoms with Crippen LogP contribution in [0.5, 0.6) is 0 Å². The molecule has 1 aromatic rings. The van der Waals surface area contributed by atoms with Crippen LogP contribution in [-0.4, -0.2) is 52.6 Å². The number of carboxylic acid groups (broad SMARTS) is 1. The molecule has 1 N–H and O–H groups in total. The van der Waals surface area contributed by atoms with Crippen LogP contribution >= 0.6 is 0 Å². The summed E-state index contributed by atoms with van der Waals surface area (Å²) in [6, 6.07) is 0. The highest BCUT2D eigenvalue weighted by molar-refractivity contribution is 5.69. The molecule has 1 aliphatic rings. The van der Waals surface area contributed by atoms with Gasteiger partial charge in [-0.1, -0.05) is 0 Å². The van der Waals surface area contributed by atoms with Gasteiger partial charge in [0, 0.05) is 37.6 Å². The number of piperidine rings is 1. The first kappa shape index (κ1) is 13.7. The van der Waals surface area contributed by atoms with Gasteiger partial charge in [-0.2, -0.15) is 0 Å². The van der Waals surface area contributed by atoms with Gasteiger partial charge in [-0.25, -0.2) is 9.97 Å². The highest BCUT2D eigenvalue weighted by atomic mass is 16.4. The van der Waals surface area contributed by atoms with Crippen molar-refractivity contribution in [3.63, 3.8) is 0 Å². The summed E-state index contributed by atoms with van der Waals surface area (Å²) in [6.07, 6.45) is 7.26. The zero-order chi connectivity index (χ0) is 13.7. The Morgan fingerprint density at radius 2 is 1.95 bits per heavy atom. The maximum absolute atomic E-state index is 10.6. The van der Waals surface area contributed by atoms with E-state index in [0.717, 1.165) is 24.6 Å². The van der Waals surface area contributed by atoms with Gasteiger partial charge in [-0.05, 0) is 26.3 Å². The first-order valence-corrected chi connectivity index (χ1v) is 6.61. The molecule has 0 bridgehead atoms. The molecule has 0 saturated carbocycles. The molecule has 0 atom stereocenters. The molecule has 1 aromatic heterocycles. The van der Waals surface area contributed by atoms with Crippen molar-refractivity contribution in [1.82, 2.24) is 14.9 Å². The smallest absolute Gasteiger partial charge is 0.317 e. The zero-order valence-corrected chi connectivity index (χ0v) is 11.2. The van der Waals surface area contributed by atoms with Crippen molar-refractivity contribution < 1.29 is 9.90 Å². The van der Waals surface area contributed by atoms with Crippen LogP contribution in [0.15, 0.2) is 12.4 Å². The monoisotopic (exact) mass is 264 g/mol. The van der Waals surface area contributed by atoms with E-state index in [4.69, 9.17) is 5.11 Å². The standard InChI is InChI=1S/C13H20N4O2/c1-16(10-12(18)19)9-11-7-14-13(15-8-11)17-5-3-2-4-6-17/h7-8H,2-6,9-10H2,1H3,(H,18,19). The molecule has 104 valence electrons. The molecule has 0 amide bonds. The number of hydrogen-bond donors (Lipinski definition) is 1. The lowest BCUT2D eigenvalue weighted by atomic mass is 10.1. The summed E-state index contributed by atoms with van der Waals surface area (Å²) in [4.78, 5) is 23.3. The van der Waals surface area contributed by atoms with Crippen LogP contribution in [0.2, 0.25) is 0 Å². The fourth-order valence-corrected chi connectivity index (χ4v) is 2.29. The van der Waals surface area contributed by atoms with Gasteiger partial charge in [-0.3, -0.25) is 9.69 Å². The normalized spacial score (nSPS) is 15.8. The van der Waals surface area contributed by atoms with E-state index in [2.05, 4.69) is 14.9 Å². The molecule has 1 saturated heterocycles. The third-order valence-electron chi connectivity index (χ3n) is 3.19. The third-order valence-corrected chi connectivity index (χ3v) is 3.19. The van der Waals surface area contributed by atoms with E-state index in [1.807, 2.05) is 0 Å². The van der Waals surface area contributed by atoms with Crippen molar-refractivity contribution in [3.8, 4) is 0 Å². The lowest BCUT2D eigenvalue weighted by Gasteiger charge is -2.26. The van der Waals surface area contributed by atoms with Crippen LogP contribution in [0, 0.1) is 0 Å². The van der Waals surface area contributed by atoms with Crippen molar-refractivity contribution in [2.75, 3.05) is 31.6 Å². The second-order valence-corrected chi connectivity index (χ2v) is 5.01. The SMILES string of the molecule is CN(CC(=O)O)Cc1cnc(N2CCCCC2)nc1. The molecule has 2 rings (SSSR count). The molecule has 0 spiro atoms. The molecule has 6 heteroatoms. The van der Waals surface area contributed by atoms with E-state index in [1.54, 1.807) is 24.3 Å². The van der Waals surface area contributed by atoms with Crippen LogP contribution in [0.1, 0.15) is 24.8 Å². The average Bonchev–Trinajstić information content (AvgIpc) is 2.39. The van der Waals surface area contributed by atoms with Crippen molar-refractivity contribution in [2.24, 2.45) is 0 Å². The molecule has 1 aliphatic heterocycles. The minimum Gasteiger partial charge on any atom is -0.480 e. The minimum atomic E-state index is -0.826. The number of hydrogen-bond acceptors (Lipinski definition) is 5. The first-order chi connectivity index (χ1) is 9.15. The predicted octanol–water partition coefficient (Wildman–Crippen LogP) is 0.983. The molecule has 0 unspecified atom stereocenters. The van der Waals surface area contributed by atoms with Gasteiger partial charge in [0.25, 0.3) is 0 Å². The van der Waals surface area contributed by atoms with E-state index in [1.165, 1.54) is 19.3 Å². The summed E-state index contributed by atoms with van der Waals surface area (Å²) in [5.41, 5.74) is 0.935. The highest BCUT2D eigenvalue weighted by Crippen LogP contribution is 2.15. The molecule has 6 nitrogen and oxygen atoms in total. The Hall–Kier alpha value is -1.69. The zero-order valence-electron chi connectivity index (χ0n) is 11.2. The topological polar surface area (TPSA) is 69.6 Å². The maximum Gasteiger partial charge on any atom is 0.317 e. The van der Waals surface area contributed by atoms with Crippen LogP contribution in [-0.2, 0) is 11.3 Å². The molecule has 0 radical (unpaired) electrons. The number of nitrogens with zero attached hydrogens (tertiary/aromatic N) is 4. The van der Waals surface area contributed by atoms with Gasteiger partial charge < -0.3 is 10.0 Å². The fourth-order valence-electron chi connectivity index (χ4n) is 2.29. The van der Waals surface area contributed by atoms with Gasteiger partial charge in [0.2, 0.25) is 5.95 Å². The summed E-state index contributed by atoms with van der Waals surface area (Å²) in [5.74, 6) is -0.0438. The predicted molar refractivity (Wildman–Crippen MR) is 72.1 cm³/mol. The van der Waals surface area contributed by atoms with Crippen molar-refractivity contribution in [2.45, 2.75) is 25.8 Å². The van der Waals surface area contributed by atoms with Crippen LogP contribution in [0.3, 0.4) is 0 Å². The van der Waals surface area contributed by atoms with Crippen LogP contribution < -0.4 is 4.90 Å². The Bertz CT molecular complexity index is 415. The Balaban J connectivity index is 1.92. The number of likely N-dealkylation sites (N-methyl/N-ethyl adjacent to an activating group) is 1. The summed E-state index contributed by atoms with van der Waals surface area (Å²) >= 11 is 0. The van der Waals surface area contributed by atoms with Gasteiger partial charge in [-0.15, -0.1) is 0 Å². The van der Waals surface area contributed by atoms with E-state index in [0.29, 0.717) is 6.54 Å². The Kier molecular flexibility index (Phi) is 4.68. The lowest BCUT2D eigenvalue weighted by Crippen LogP contribution is -2.31.